The molecule has 234 valence electrons. The molecule has 12 heteroatoms. The minimum Gasteiger partial charge on any atom is -0.478 e. The van der Waals surface area contributed by atoms with Crippen molar-refractivity contribution in [1.29, 1.82) is 0 Å². The predicted molar refractivity (Wildman–Crippen MR) is 168 cm³/mol. The monoisotopic (exact) mass is 602 g/mol. The molecule has 0 aliphatic carbocycles. The molecule has 12 nitrogen and oxygen atoms in total. The number of hydrogen-bond acceptors (Lipinski definition) is 10. The smallest absolute Gasteiger partial charge is 0.339 e. The van der Waals surface area contributed by atoms with Crippen LogP contribution in [0.1, 0.15) is 82.8 Å². The minimum absolute atomic E-state index is 0.0892. The van der Waals surface area contributed by atoms with E-state index in [-0.39, 0.29) is 17.4 Å². The maximum Gasteiger partial charge on any atom is 0.339 e. The van der Waals surface area contributed by atoms with Gasteiger partial charge in [-0.05, 0) is 35.1 Å². The molecule has 0 amide bonds. The molecule has 3 aromatic heterocycles. The van der Waals surface area contributed by atoms with Crippen LogP contribution >= 0.6 is 0 Å². The Labute approximate surface area is 258 Å². The van der Waals surface area contributed by atoms with Crippen LogP contribution in [0.3, 0.4) is 0 Å². The Bertz CT molecular complexity index is 1460. The van der Waals surface area contributed by atoms with Gasteiger partial charge in [-0.25, -0.2) is 19.6 Å². The molecule has 0 atom stereocenters. The number of rotatable bonds is 10. The number of hydrogen-bond donors (Lipinski definition) is 2. The number of carbonyl (C=O) groups is 2. The van der Waals surface area contributed by atoms with Gasteiger partial charge in [0.1, 0.15) is 22.8 Å². The SMILES string of the molecule is CC(C)c1cnc(N2CCN(Cc3cnc(CN4CCN(c5ncccc5C(=O)O)CC4)cn3)CC2)c(C(=O)O)c1C(C)C. The first kappa shape index (κ1) is 31.3. The van der Waals surface area contributed by atoms with Crippen molar-refractivity contribution >= 4 is 23.6 Å². The fourth-order valence-electron chi connectivity index (χ4n) is 6.12. The van der Waals surface area contributed by atoms with E-state index >= 15 is 0 Å². The molecule has 5 heterocycles. The Balaban J connectivity index is 1.14. The summed E-state index contributed by atoms with van der Waals surface area (Å²) in [4.78, 5) is 51.0. The normalized spacial score (nSPS) is 16.6. The minimum atomic E-state index is -0.964. The van der Waals surface area contributed by atoms with E-state index in [1.807, 2.05) is 37.3 Å². The molecule has 0 aromatic carbocycles. The summed E-state index contributed by atoms with van der Waals surface area (Å²) in [6.45, 7) is 15.5. The van der Waals surface area contributed by atoms with E-state index in [9.17, 15) is 19.8 Å². The first-order valence-electron chi connectivity index (χ1n) is 15.3. The highest BCUT2D eigenvalue weighted by atomic mass is 16.4. The molecule has 2 aliphatic rings. The number of carboxylic acid groups (broad SMARTS) is 2. The van der Waals surface area contributed by atoms with Gasteiger partial charge in [0.25, 0.3) is 0 Å². The van der Waals surface area contributed by atoms with E-state index < -0.39 is 11.9 Å². The van der Waals surface area contributed by atoms with Crippen molar-refractivity contribution < 1.29 is 19.8 Å². The molecule has 2 saturated heterocycles. The van der Waals surface area contributed by atoms with Crippen LogP contribution in [-0.4, -0.2) is 104 Å². The van der Waals surface area contributed by atoms with Gasteiger partial charge in [0, 0.05) is 77.8 Å². The lowest BCUT2D eigenvalue weighted by molar-refractivity contribution is 0.0685. The Morgan fingerprint density at radius 3 is 1.70 bits per heavy atom. The highest BCUT2D eigenvalue weighted by Gasteiger charge is 2.29. The Morgan fingerprint density at radius 2 is 1.25 bits per heavy atom. The van der Waals surface area contributed by atoms with Crippen LogP contribution in [0.4, 0.5) is 11.6 Å². The summed E-state index contributed by atoms with van der Waals surface area (Å²) in [6, 6.07) is 3.24. The molecular weight excluding hydrogens is 560 g/mol. The van der Waals surface area contributed by atoms with Crippen molar-refractivity contribution in [3.63, 3.8) is 0 Å². The molecule has 5 rings (SSSR count). The Morgan fingerprint density at radius 1 is 0.705 bits per heavy atom. The zero-order valence-electron chi connectivity index (χ0n) is 26.0. The number of anilines is 2. The first-order chi connectivity index (χ1) is 21.1. The van der Waals surface area contributed by atoms with Crippen molar-refractivity contribution in [2.45, 2.75) is 52.6 Å². The zero-order chi connectivity index (χ0) is 31.4. The average Bonchev–Trinajstić information content (AvgIpc) is 3.02. The van der Waals surface area contributed by atoms with Crippen molar-refractivity contribution in [1.82, 2.24) is 29.7 Å². The topological polar surface area (TPSA) is 139 Å². The molecule has 2 N–H and O–H groups in total. The van der Waals surface area contributed by atoms with Gasteiger partial charge in [-0.3, -0.25) is 19.8 Å². The lowest BCUT2D eigenvalue weighted by Crippen LogP contribution is -2.47. The van der Waals surface area contributed by atoms with Crippen molar-refractivity contribution in [2.75, 3.05) is 62.2 Å². The van der Waals surface area contributed by atoms with Gasteiger partial charge in [-0.15, -0.1) is 0 Å². The molecule has 0 spiro atoms. The number of carboxylic acids is 2. The van der Waals surface area contributed by atoms with E-state index in [1.54, 1.807) is 18.3 Å². The fourth-order valence-corrected chi connectivity index (χ4v) is 6.12. The molecule has 0 unspecified atom stereocenters. The number of aromatic carboxylic acids is 2. The summed E-state index contributed by atoms with van der Waals surface area (Å²) in [7, 11) is 0. The summed E-state index contributed by atoms with van der Waals surface area (Å²) in [5.41, 5.74) is 4.25. The third-order valence-corrected chi connectivity index (χ3v) is 8.43. The number of nitrogens with zero attached hydrogens (tertiary/aromatic N) is 8. The second kappa shape index (κ2) is 13.6. The third-order valence-electron chi connectivity index (χ3n) is 8.43. The van der Waals surface area contributed by atoms with Crippen LogP contribution < -0.4 is 9.80 Å². The molecule has 2 fully saturated rings. The lowest BCUT2D eigenvalue weighted by Gasteiger charge is -2.36. The van der Waals surface area contributed by atoms with Gasteiger partial charge >= 0.3 is 11.9 Å². The first-order valence-corrected chi connectivity index (χ1v) is 15.3. The zero-order valence-corrected chi connectivity index (χ0v) is 26.0. The predicted octanol–water partition coefficient (Wildman–Crippen LogP) is 3.55. The van der Waals surface area contributed by atoms with Crippen molar-refractivity contribution in [3.8, 4) is 0 Å². The molecule has 44 heavy (non-hydrogen) atoms. The molecule has 3 aromatic rings. The van der Waals surface area contributed by atoms with Crippen LogP contribution in [0, 0.1) is 0 Å². The van der Waals surface area contributed by atoms with Gasteiger partial charge < -0.3 is 20.0 Å². The maximum atomic E-state index is 12.4. The number of pyridine rings is 2. The van der Waals surface area contributed by atoms with Crippen LogP contribution in [0.25, 0.3) is 0 Å². The van der Waals surface area contributed by atoms with Crippen LogP contribution in [0.5, 0.6) is 0 Å². The summed E-state index contributed by atoms with van der Waals surface area (Å²) >= 11 is 0. The standard InChI is InChI=1S/C32H42N8O4/c1-21(2)26-18-36-30(28(32(43)44)27(26)22(3)4)40-14-10-38(11-15-40)20-24-17-34-23(16-35-24)19-37-8-12-39(13-9-37)29-25(31(41)42)6-5-7-33-29/h5-7,16-18,21-22H,8-15,19-20H2,1-4H3,(H,41,42)(H,43,44). The van der Waals surface area contributed by atoms with Gasteiger partial charge in [0.2, 0.25) is 0 Å². The van der Waals surface area contributed by atoms with E-state index in [0.717, 1.165) is 48.7 Å². The van der Waals surface area contributed by atoms with E-state index in [2.05, 4.69) is 48.5 Å². The molecule has 0 saturated carbocycles. The molecular formula is C32H42N8O4. The van der Waals surface area contributed by atoms with Crippen molar-refractivity contribution in [3.05, 3.63) is 70.6 Å². The summed E-state index contributed by atoms with van der Waals surface area (Å²) in [5, 5.41) is 19.7. The summed E-state index contributed by atoms with van der Waals surface area (Å²) < 4.78 is 0. The highest BCUT2D eigenvalue weighted by Crippen LogP contribution is 2.34. The molecule has 2 aliphatic heterocycles. The van der Waals surface area contributed by atoms with E-state index in [1.165, 1.54) is 0 Å². The Kier molecular flexibility index (Phi) is 9.70. The van der Waals surface area contributed by atoms with Gasteiger partial charge in [-0.1, -0.05) is 27.7 Å². The average molecular weight is 603 g/mol. The second-order valence-corrected chi connectivity index (χ2v) is 12.1. The number of aromatic nitrogens is 4. The van der Waals surface area contributed by atoms with Crippen LogP contribution in [0.15, 0.2) is 36.9 Å². The van der Waals surface area contributed by atoms with Gasteiger partial charge in [0.05, 0.1) is 23.8 Å². The number of piperazine rings is 2. The van der Waals surface area contributed by atoms with Gasteiger partial charge in [-0.2, -0.15) is 0 Å². The van der Waals surface area contributed by atoms with Crippen LogP contribution in [-0.2, 0) is 13.1 Å². The fraction of sp³-hybridized carbons (Fsp3) is 0.500. The Hall–Kier alpha value is -4.16. The second-order valence-electron chi connectivity index (χ2n) is 12.1. The molecule has 0 radical (unpaired) electrons. The maximum absolute atomic E-state index is 12.4. The van der Waals surface area contributed by atoms with Gasteiger partial charge in [0.15, 0.2) is 0 Å². The quantitative estimate of drug-likeness (QED) is 0.351. The van der Waals surface area contributed by atoms with E-state index in [4.69, 9.17) is 0 Å². The summed E-state index contributed by atoms with van der Waals surface area (Å²) in [6.07, 6.45) is 7.17. The van der Waals surface area contributed by atoms with Crippen molar-refractivity contribution in [2.24, 2.45) is 0 Å². The lowest BCUT2D eigenvalue weighted by atomic mass is 9.88. The summed E-state index contributed by atoms with van der Waals surface area (Å²) in [5.74, 6) is -0.503. The molecule has 0 bridgehead atoms. The third kappa shape index (κ3) is 6.97. The van der Waals surface area contributed by atoms with E-state index in [0.29, 0.717) is 56.5 Å². The largest absolute Gasteiger partial charge is 0.478 e. The highest BCUT2D eigenvalue weighted by molar-refractivity contribution is 5.96. The van der Waals surface area contributed by atoms with Crippen LogP contribution in [0.2, 0.25) is 0 Å².